The number of nitro benzene ring substituents is 1. The van der Waals surface area contributed by atoms with Crippen LogP contribution in [0.15, 0.2) is 41.3 Å². The van der Waals surface area contributed by atoms with Gasteiger partial charge in [0.1, 0.15) is 0 Å². The topological polar surface area (TPSA) is 89.3 Å². The number of hydrogen-bond acceptors (Lipinski definition) is 4. The molecule has 0 amide bonds. The molecule has 0 aliphatic rings. The van der Waals surface area contributed by atoms with E-state index in [4.69, 9.17) is 0 Å². The molecule has 0 saturated carbocycles. The first kappa shape index (κ1) is 18.1. The van der Waals surface area contributed by atoms with Crippen molar-refractivity contribution in [2.75, 3.05) is 0 Å². The van der Waals surface area contributed by atoms with Crippen molar-refractivity contribution in [1.82, 2.24) is 4.72 Å². The lowest BCUT2D eigenvalue weighted by molar-refractivity contribution is -0.384. The largest absolute Gasteiger partial charge is 0.269 e. The Bertz CT molecular complexity index is 874. The minimum absolute atomic E-state index is 0.00133. The Morgan fingerprint density at radius 1 is 1.00 bits per heavy atom. The quantitative estimate of drug-likeness (QED) is 0.661. The Morgan fingerprint density at radius 3 is 2.08 bits per heavy atom. The summed E-state index contributed by atoms with van der Waals surface area (Å²) in [5.74, 6) is 0. The van der Waals surface area contributed by atoms with Gasteiger partial charge in [-0.05, 0) is 62.1 Å². The van der Waals surface area contributed by atoms with Gasteiger partial charge in [-0.2, -0.15) is 0 Å². The van der Waals surface area contributed by atoms with Crippen LogP contribution in [-0.2, 0) is 10.0 Å². The smallest absolute Gasteiger partial charge is 0.258 e. The fourth-order valence-electron chi connectivity index (χ4n) is 2.56. The number of hydrogen-bond donors (Lipinski definition) is 1. The third kappa shape index (κ3) is 3.80. The summed E-state index contributed by atoms with van der Waals surface area (Å²) in [5, 5.41) is 10.7. The molecule has 24 heavy (non-hydrogen) atoms. The Balaban J connectivity index is 2.28. The minimum atomic E-state index is -3.76. The molecule has 0 aliphatic carbocycles. The number of nitro groups is 1. The highest BCUT2D eigenvalue weighted by molar-refractivity contribution is 7.89. The first-order chi connectivity index (χ1) is 11.1. The van der Waals surface area contributed by atoms with Gasteiger partial charge in [0.05, 0.1) is 9.82 Å². The average Bonchev–Trinajstić information content (AvgIpc) is 2.50. The fourth-order valence-corrected chi connectivity index (χ4v) is 3.78. The SMILES string of the molecule is Cc1cc(C)c([C@@H](C)NS(=O)(=O)c2ccc([N+](=O)[O-])cc2)cc1C. The number of sulfonamides is 1. The van der Waals surface area contributed by atoms with Gasteiger partial charge >= 0.3 is 0 Å². The van der Waals surface area contributed by atoms with Gasteiger partial charge in [0.2, 0.25) is 10.0 Å². The Morgan fingerprint density at radius 2 is 1.54 bits per heavy atom. The van der Waals surface area contributed by atoms with Crippen molar-refractivity contribution in [2.24, 2.45) is 0 Å². The van der Waals surface area contributed by atoms with E-state index < -0.39 is 21.0 Å². The molecule has 1 N–H and O–H groups in total. The van der Waals surface area contributed by atoms with E-state index in [1.54, 1.807) is 6.92 Å². The predicted molar refractivity (Wildman–Crippen MR) is 92.5 cm³/mol. The van der Waals surface area contributed by atoms with Gasteiger partial charge in [0.25, 0.3) is 5.69 Å². The molecule has 2 aromatic carbocycles. The highest BCUT2D eigenvalue weighted by Gasteiger charge is 2.20. The van der Waals surface area contributed by atoms with E-state index in [2.05, 4.69) is 4.72 Å². The molecule has 128 valence electrons. The van der Waals surface area contributed by atoms with Crippen LogP contribution in [-0.4, -0.2) is 13.3 Å². The third-order valence-electron chi connectivity index (χ3n) is 4.04. The van der Waals surface area contributed by atoms with Crippen LogP contribution in [0.3, 0.4) is 0 Å². The molecule has 0 unspecified atom stereocenters. The molecule has 0 heterocycles. The summed E-state index contributed by atoms with van der Waals surface area (Å²) < 4.78 is 27.6. The van der Waals surface area contributed by atoms with E-state index in [0.29, 0.717) is 0 Å². The molecule has 0 bridgehead atoms. The molecule has 0 aliphatic heterocycles. The summed E-state index contributed by atoms with van der Waals surface area (Å²) in [4.78, 5) is 10.1. The lowest BCUT2D eigenvalue weighted by Gasteiger charge is -2.18. The third-order valence-corrected chi connectivity index (χ3v) is 5.60. The van der Waals surface area contributed by atoms with Crippen LogP contribution in [0.2, 0.25) is 0 Å². The van der Waals surface area contributed by atoms with Crippen molar-refractivity contribution in [1.29, 1.82) is 0 Å². The molecule has 1 atom stereocenters. The van der Waals surface area contributed by atoms with Crippen molar-refractivity contribution in [3.05, 3.63) is 68.8 Å². The van der Waals surface area contributed by atoms with Crippen molar-refractivity contribution < 1.29 is 13.3 Å². The molecule has 0 spiro atoms. The summed E-state index contributed by atoms with van der Waals surface area (Å²) in [6.07, 6.45) is 0. The Hall–Kier alpha value is -2.25. The Labute approximate surface area is 141 Å². The van der Waals surface area contributed by atoms with Crippen LogP contribution < -0.4 is 4.72 Å². The van der Waals surface area contributed by atoms with Gasteiger partial charge in [-0.25, -0.2) is 13.1 Å². The molecule has 2 rings (SSSR count). The van der Waals surface area contributed by atoms with Crippen LogP contribution in [0.1, 0.15) is 35.2 Å². The zero-order valence-corrected chi connectivity index (χ0v) is 14.8. The number of aryl methyl sites for hydroxylation is 3. The van der Waals surface area contributed by atoms with Crippen molar-refractivity contribution in [2.45, 2.75) is 38.6 Å². The van der Waals surface area contributed by atoms with Gasteiger partial charge in [-0.3, -0.25) is 10.1 Å². The average molecular weight is 348 g/mol. The lowest BCUT2D eigenvalue weighted by atomic mass is 9.97. The zero-order valence-electron chi connectivity index (χ0n) is 14.0. The first-order valence-corrected chi connectivity index (χ1v) is 8.94. The van der Waals surface area contributed by atoms with Crippen LogP contribution in [0, 0.1) is 30.9 Å². The second-order valence-corrected chi connectivity index (χ2v) is 7.60. The molecule has 7 heteroatoms. The van der Waals surface area contributed by atoms with Gasteiger partial charge < -0.3 is 0 Å². The van der Waals surface area contributed by atoms with Crippen molar-refractivity contribution in [3.8, 4) is 0 Å². The second kappa shape index (κ2) is 6.70. The molecule has 2 aromatic rings. The second-order valence-electron chi connectivity index (χ2n) is 5.89. The van der Waals surface area contributed by atoms with Crippen LogP contribution >= 0.6 is 0 Å². The molecule has 0 radical (unpaired) electrons. The zero-order chi connectivity index (χ0) is 18.1. The van der Waals surface area contributed by atoms with Crippen LogP contribution in [0.25, 0.3) is 0 Å². The molecule has 6 nitrogen and oxygen atoms in total. The number of nitrogens with zero attached hydrogens (tertiary/aromatic N) is 1. The van der Waals surface area contributed by atoms with Crippen molar-refractivity contribution >= 4 is 15.7 Å². The van der Waals surface area contributed by atoms with E-state index in [0.717, 1.165) is 22.3 Å². The van der Waals surface area contributed by atoms with E-state index in [1.807, 2.05) is 32.9 Å². The molecule has 0 aromatic heterocycles. The normalized spacial score (nSPS) is 12.8. The number of nitrogens with one attached hydrogen (secondary N) is 1. The molecule has 0 saturated heterocycles. The molecular weight excluding hydrogens is 328 g/mol. The maximum atomic E-state index is 12.5. The summed E-state index contributed by atoms with van der Waals surface area (Å²) >= 11 is 0. The lowest BCUT2D eigenvalue weighted by Crippen LogP contribution is -2.27. The van der Waals surface area contributed by atoms with E-state index >= 15 is 0 Å². The van der Waals surface area contributed by atoms with Gasteiger partial charge in [-0.15, -0.1) is 0 Å². The van der Waals surface area contributed by atoms with Gasteiger partial charge in [0.15, 0.2) is 0 Å². The monoisotopic (exact) mass is 348 g/mol. The molecular formula is C17H20N2O4S. The van der Waals surface area contributed by atoms with Crippen molar-refractivity contribution in [3.63, 3.8) is 0 Å². The summed E-state index contributed by atoms with van der Waals surface area (Å²) in [6, 6.07) is 8.43. The number of benzene rings is 2. The van der Waals surface area contributed by atoms with E-state index in [9.17, 15) is 18.5 Å². The predicted octanol–water partition coefficient (Wildman–Crippen LogP) is 3.56. The van der Waals surface area contributed by atoms with E-state index in [-0.39, 0.29) is 10.6 Å². The van der Waals surface area contributed by atoms with Gasteiger partial charge in [-0.1, -0.05) is 12.1 Å². The summed E-state index contributed by atoms with van der Waals surface area (Å²) in [7, 11) is -3.76. The summed E-state index contributed by atoms with van der Waals surface area (Å²) in [5.41, 5.74) is 4.02. The highest BCUT2D eigenvalue weighted by Crippen LogP contribution is 2.24. The van der Waals surface area contributed by atoms with Crippen LogP contribution in [0.5, 0.6) is 0 Å². The fraction of sp³-hybridized carbons (Fsp3) is 0.294. The number of rotatable bonds is 5. The highest BCUT2D eigenvalue weighted by atomic mass is 32.2. The van der Waals surface area contributed by atoms with Crippen LogP contribution in [0.4, 0.5) is 5.69 Å². The summed E-state index contributed by atoms with van der Waals surface area (Å²) in [6.45, 7) is 7.71. The minimum Gasteiger partial charge on any atom is -0.258 e. The first-order valence-electron chi connectivity index (χ1n) is 7.46. The standard InChI is InChI=1S/C17H20N2O4S/c1-11-9-13(3)17(10-12(11)2)14(4)18-24(22,23)16-7-5-15(6-8-16)19(20)21/h5-10,14,18H,1-4H3/t14-/m1/s1. The van der Waals surface area contributed by atoms with Gasteiger partial charge in [0, 0.05) is 18.2 Å². The molecule has 0 fully saturated rings. The maximum absolute atomic E-state index is 12.5. The number of non-ortho nitro benzene ring substituents is 1. The Kier molecular flexibility index (Phi) is 5.05. The maximum Gasteiger partial charge on any atom is 0.269 e. The van der Waals surface area contributed by atoms with E-state index in [1.165, 1.54) is 24.3 Å².